The molecule has 1 rings (SSSR count). The molecule has 0 amide bonds. The number of nitrogens with zero attached hydrogens (tertiary/aromatic N) is 3. The first kappa shape index (κ1) is 13.8. The van der Waals surface area contributed by atoms with Gasteiger partial charge >= 0.3 is 0 Å². The average molecular weight is 260 g/mol. The minimum atomic E-state index is -3.57. The van der Waals surface area contributed by atoms with Crippen LogP contribution in [0.25, 0.3) is 0 Å². The fraction of sp³-hybridized carbons (Fsp3) is 0.556. The van der Waals surface area contributed by atoms with Crippen molar-refractivity contribution in [2.24, 2.45) is 0 Å². The van der Waals surface area contributed by atoms with Crippen molar-refractivity contribution in [1.82, 2.24) is 14.3 Å². The number of sulfonamides is 1. The molecule has 0 aliphatic carbocycles. The van der Waals surface area contributed by atoms with Crippen molar-refractivity contribution < 1.29 is 13.2 Å². The number of aromatic nitrogens is 2. The summed E-state index contributed by atoms with van der Waals surface area (Å²) < 4.78 is 30.4. The van der Waals surface area contributed by atoms with Gasteiger partial charge in [0.2, 0.25) is 16.0 Å². The van der Waals surface area contributed by atoms with Gasteiger partial charge in [-0.05, 0) is 0 Å². The summed E-state index contributed by atoms with van der Waals surface area (Å²) in [5.41, 5.74) is 5.31. The van der Waals surface area contributed by atoms with Crippen molar-refractivity contribution in [3.8, 4) is 0 Å². The van der Waals surface area contributed by atoms with E-state index in [4.69, 9.17) is 10.5 Å². The molecule has 0 fully saturated rings. The molecule has 7 nitrogen and oxygen atoms in total. The van der Waals surface area contributed by atoms with E-state index in [0.717, 1.165) is 0 Å². The van der Waals surface area contributed by atoms with Gasteiger partial charge in [0.05, 0.1) is 19.0 Å². The average Bonchev–Trinajstić information content (AvgIpc) is 2.30. The highest BCUT2D eigenvalue weighted by Crippen LogP contribution is 2.13. The zero-order valence-corrected chi connectivity index (χ0v) is 10.6. The maximum atomic E-state index is 12.1. The molecule has 0 aliphatic rings. The number of anilines is 1. The van der Waals surface area contributed by atoms with Crippen molar-refractivity contribution in [3.05, 3.63) is 12.4 Å². The number of methoxy groups -OCH3 is 1. The Morgan fingerprint density at radius 3 is 2.47 bits per heavy atom. The van der Waals surface area contributed by atoms with Gasteiger partial charge in [0, 0.05) is 20.2 Å². The van der Waals surface area contributed by atoms with Crippen molar-refractivity contribution in [1.29, 1.82) is 0 Å². The van der Waals surface area contributed by atoms with Crippen LogP contribution in [-0.4, -0.2) is 49.5 Å². The molecule has 0 spiro atoms. The minimum Gasteiger partial charge on any atom is -0.383 e. The quantitative estimate of drug-likeness (QED) is 0.755. The van der Waals surface area contributed by atoms with Crippen LogP contribution in [0.15, 0.2) is 17.3 Å². The highest BCUT2D eigenvalue weighted by atomic mass is 32.2. The largest absolute Gasteiger partial charge is 0.383 e. The van der Waals surface area contributed by atoms with Crippen molar-refractivity contribution in [2.75, 3.05) is 32.5 Å². The Kier molecular flexibility index (Phi) is 4.79. The number of ether oxygens (including phenoxy) is 1. The molecule has 8 heteroatoms. The maximum absolute atomic E-state index is 12.1. The lowest BCUT2D eigenvalue weighted by molar-refractivity contribution is 0.180. The van der Waals surface area contributed by atoms with E-state index in [1.165, 1.54) is 23.8 Å². The summed E-state index contributed by atoms with van der Waals surface area (Å²) in [6.45, 7) is 2.74. The van der Waals surface area contributed by atoms with E-state index in [1.54, 1.807) is 6.92 Å². The first-order valence-electron chi connectivity index (χ1n) is 5.09. The molecule has 17 heavy (non-hydrogen) atoms. The molecule has 0 aliphatic heterocycles. The van der Waals surface area contributed by atoms with E-state index in [2.05, 4.69) is 9.97 Å². The van der Waals surface area contributed by atoms with E-state index >= 15 is 0 Å². The predicted octanol–water partition coefficient (Wildman–Crippen LogP) is -0.284. The smallest absolute Gasteiger partial charge is 0.246 e. The van der Waals surface area contributed by atoms with Crippen LogP contribution < -0.4 is 5.73 Å². The molecule has 0 aromatic carbocycles. The summed E-state index contributed by atoms with van der Waals surface area (Å²) in [5.74, 6) is 0.0453. The number of likely N-dealkylation sites (N-methyl/N-ethyl adjacent to an activating group) is 1. The lowest BCUT2D eigenvalue weighted by Crippen LogP contribution is -2.33. The minimum absolute atomic E-state index is 0.0321. The van der Waals surface area contributed by atoms with Gasteiger partial charge in [0.1, 0.15) is 4.90 Å². The van der Waals surface area contributed by atoms with Gasteiger partial charge in [-0.2, -0.15) is 4.31 Å². The monoisotopic (exact) mass is 260 g/mol. The topological polar surface area (TPSA) is 98.4 Å². The summed E-state index contributed by atoms with van der Waals surface area (Å²) in [6, 6.07) is 0. The van der Waals surface area contributed by atoms with Gasteiger partial charge in [-0.1, -0.05) is 6.92 Å². The lowest BCUT2D eigenvalue weighted by Gasteiger charge is -2.19. The summed E-state index contributed by atoms with van der Waals surface area (Å²) in [5, 5.41) is 0. The van der Waals surface area contributed by atoms with Crippen molar-refractivity contribution in [3.63, 3.8) is 0 Å². The number of nitrogens with two attached hydrogens (primary N) is 1. The predicted molar refractivity (Wildman–Crippen MR) is 62.8 cm³/mol. The van der Waals surface area contributed by atoms with Gasteiger partial charge in [0.15, 0.2) is 0 Å². The van der Waals surface area contributed by atoms with Crippen LogP contribution in [0.2, 0.25) is 0 Å². The van der Waals surface area contributed by atoms with Crippen LogP contribution in [-0.2, 0) is 14.8 Å². The fourth-order valence-corrected chi connectivity index (χ4v) is 2.57. The third-order valence-electron chi connectivity index (χ3n) is 2.18. The molecular weight excluding hydrogens is 244 g/mol. The molecule has 0 unspecified atom stereocenters. The summed E-state index contributed by atoms with van der Waals surface area (Å²) in [6.07, 6.45) is 2.40. The fourth-order valence-electron chi connectivity index (χ4n) is 1.25. The highest BCUT2D eigenvalue weighted by Gasteiger charge is 2.23. The SMILES string of the molecule is CCN(CCOC)S(=O)(=O)c1cnc(N)nc1. The Bertz CT molecular complexity index is 446. The highest BCUT2D eigenvalue weighted by molar-refractivity contribution is 7.89. The normalized spacial score (nSPS) is 11.9. The molecule has 0 radical (unpaired) electrons. The van der Waals surface area contributed by atoms with Gasteiger partial charge in [-0.25, -0.2) is 18.4 Å². The van der Waals surface area contributed by atoms with Gasteiger partial charge in [-0.15, -0.1) is 0 Å². The first-order chi connectivity index (χ1) is 8.02. The zero-order chi connectivity index (χ0) is 12.9. The second-order valence-corrected chi connectivity index (χ2v) is 5.20. The van der Waals surface area contributed by atoms with E-state index < -0.39 is 10.0 Å². The van der Waals surface area contributed by atoms with Crippen molar-refractivity contribution in [2.45, 2.75) is 11.8 Å². The van der Waals surface area contributed by atoms with E-state index in [1.807, 2.05) is 0 Å². The van der Waals surface area contributed by atoms with E-state index in [-0.39, 0.29) is 10.8 Å². The van der Waals surface area contributed by atoms with Crippen LogP contribution in [0.3, 0.4) is 0 Å². The second-order valence-electron chi connectivity index (χ2n) is 3.27. The lowest BCUT2D eigenvalue weighted by atomic mass is 10.6. The van der Waals surface area contributed by atoms with Crippen LogP contribution >= 0.6 is 0 Å². The van der Waals surface area contributed by atoms with Gasteiger partial charge in [-0.3, -0.25) is 0 Å². The second kappa shape index (κ2) is 5.89. The molecule has 1 aromatic heterocycles. The first-order valence-corrected chi connectivity index (χ1v) is 6.53. The molecule has 0 saturated carbocycles. The summed E-state index contributed by atoms with van der Waals surface area (Å²) in [7, 11) is -2.05. The third-order valence-corrected chi connectivity index (χ3v) is 4.11. The van der Waals surface area contributed by atoms with Gasteiger partial charge in [0.25, 0.3) is 0 Å². The Labute approximate surface area is 101 Å². The number of rotatable bonds is 6. The number of hydrogen-bond donors (Lipinski definition) is 1. The molecule has 0 saturated heterocycles. The van der Waals surface area contributed by atoms with Gasteiger partial charge < -0.3 is 10.5 Å². The third kappa shape index (κ3) is 3.35. The van der Waals surface area contributed by atoms with Crippen molar-refractivity contribution >= 4 is 16.0 Å². The molecule has 96 valence electrons. The number of hydrogen-bond acceptors (Lipinski definition) is 6. The summed E-state index contributed by atoms with van der Waals surface area (Å²) >= 11 is 0. The molecule has 1 heterocycles. The van der Waals surface area contributed by atoms with Crippen LogP contribution in [0.4, 0.5) is 5.95 Å². The van der Waals surface area contributed by atoms with E-state index in [9.17, 15) is 8.42 Å². The standard InChI is InChI=1S/C9H16N4O3S/c1-3-13(4-5-16-2)17(14,15)8-6-11-9(10)12-7-8/h6-7H,3-5H2,1-2H3,(H2,10,11,12). The Morgan fingerprint density at radius 2 is 2.00 bits per heavy atom. The molecule has 0 atom stereocenters. The Morgan fingerprint density at radius 1 is 1.41 bits per heavy atom. The van der Waals surface area contributed by atoms with Crippen LogP contribution in [0.5, 0.6) is 0 Å². The van der Waals surface area contributed by atoms with Crippen LogP contribution in [0, 0.1) is 0 Å². The van der Waals surface area contributed by atoms with Crippen LogP contribution in [0.1, 0.15) is 6.92 Å². The molecular formula is C9H16N4O3S. The Balaban J connectivity index is 2.95. The molecule has 1 aromatic rings. The Hall–Kier alpha value is -1.25. The number of nitrogen functional groups attached to an aromatic ring is 1. The maximum Gasteiger partial charge on any atom is 0.246 e. The summed E-state index contributed by atoms with van der Waals surface area (Å²) in [4.78, 5) is 7.38. The van der Waals surface area contributed by atoms with E-state index in [0.29, 0.717) is 19.7 Å². The molecule has 2 N–H and O–H groups in total. The molecule has 0 bridgehead atoms. The zero-order valence-electron chi connectivity index (χ0n) is 9.83.